The Morgan fingerprint density at radius 1 is 1.55 bits per heavy atom. The molecule has 1 fully saturated rings. The SMILES string of the molecule is CC(O)CNC1CCNCC1. The van der Waals surface area contributed by atoms with Crippen molar-refractivity contribution in [2.75, 3.05) is 19.6 Å². The fourth-order valence-corrected chi connectivity index (χ4v) is 1.36. The zero-order valence-electron chi connectivity index (χ0n) is 7.14. The molecule has 0 aromatic carbocycles. The van der Waals surface area contributed by atoms with E-state index in [4.69, 9.17) is 5.11 Å². The van der Waals surface area contributed by atoms with Crippen LogP contribution in [0.15, 0.2) is 0 Å². The van der Waals surface area contributed by atoms with Crippen molar-refractivity contribution in [3.8, 4) is 0 Å². The molecule has 1 atom stereocenters. The second kappa shape index (κ2) is 4.70. The van der Waals surface area contributed by atoms with E-state index in [0.29, 0.717) is 6.04 Å². The maximum Gasteiger partial charge on any atom is 0.0636 e. The normalized spacial score (nSPS) is 23.5. The quantitative estimate of drug-likeness (QED) is 0.529. The van der Waals surface area contributed by atoms with E-state index in [9.17, 15) is 0 Å². The van der Waals surface area contributed by atoms with Crippen LogP contribution >= 0.6 is 0 Å². The zero-order chi connectivity index (χ0) is 8.10. The van der Waals surface area contributed by atoms with E-state index in [2.05, 4.69) is 10.6 Å². The van der Waals surface area contributed by atoms with Crippen molar-refractivity contribution in [1.29, 1.82) is 0 Å². The topological polar surface area (TPSA) is 44.3 Å². The summed E-state index contributed by atoms with van der Waals surface area (Å²) in [6.07, 6.45) is 2.16. The lowest BCUT2D eigenvalue weighted by atomic mass is 10.1. The Morgan fingerprint density at radius 3 is 2.73 bits per heavy atom. The Balaban J connectivity index is 2.05. The van der Waals surface area contributed by atoms with Gasteiger partial charge in [0.2, 0.25) is 0 Å². The summed E-state index contributed by atoms with van der Waals surface area (Å²) >= 11 is 0. The molecule has 1 rings (SSSR count). The van der Waals surface area contributed by atoms with E-state index >= 15 is 0 Å². The van der Waals surface area contributed by atoms with E-state index in [0.717, 1.165) is 19.6 Å². The minimum atomic E-state index is -0.218. The minimum Gasteiger partial charge on any atom is -0.392 e. The molecule has 3 nitrogen and oxygen atoms in total. The van der Waals surface area contributed by atoms with Gasteiger partial charge in [0, 0.05) is 12.6 Å². The van der Waals surface area contributed by atoms with Crippen LogP contribution in [0.4, 0.5) is 0 Å². The van der Waals surface area contributed by atoms with Crippen LogP contribution in [0.2, 0.25) is 0 Å². The molecule has 0 amide bonds. The van der Waals surface area contributed by atoms with Crippen molar-refractivity contribution in [3.05, 3.63) is 0 Å². The van der Waals surface area contributed by atoms with E-state index in [1.807, 2.05) is 6.92 Å². The number of rotatable bonds is 3. The van der Waals surface area contributed by atoms with Gasteiger partial charge >= 0.3 is 0 Å². The van der Waals surface area contributed by atoms with Gasteiger partial charge in [0.25, 0.3) is 0 Å². The smallest absolute Gasteiger partial charge is 0.0636 e. The highest BCUT2D eigenvalue weighted by atomic mass is 16.3. The highest BCUT2D eigenvalue weighted by Gasteiger charge is 2.11. The average Bonchev–Trinajstić information content (AvgIpc) is 2.03. The lowest BCUT2D eigenvalue weighted by Crippen LogP contribution is -2.42. The van der Waals surface area contributed by atoms with Crippen LogP contribution in [0, 0.1) is 0 Å². The fourth-order valence-electron chi connectivity index (χ4n) is 1.36. The summed E-state index contributed by atoms with van der Waals surface area (Å²) in [5.74, 6) is 0. The predicted molar refractivity (Wildman–Crippen MR) is 45.6 cm³/mol. The van der Waals surface area contributed by atoms with Gasteiger partial charge < -0.3 is 15.7 Å². The minimum absolute atomic E-state index is 0.218. The van der Waals surface area contributed by atoms with Gasteiger partial charge in [-0.15, -0.1) is 0 Å². The van der Waals surface area contributed by atoms with Gasteiger partial charge in [0.1, 0.15) is 0 Å². The molecule has 0 aromatic heterocycles. The third kappa shape index (κ3) is 3.70. The lowest BCUT2D eigenvalue weighted by Gasteiger charge is -2.24. The monoisotopic (exact) mass is 158 g/mol. The Kier molecular flexibility index (Phi) is 3.83. The number of hydrogen-bond donors (Lipinski definition) is 3. The standard InChI is InChI=1S/C8H18N2O/c1-7(11)6-10-8-2-4-9-5-3-8/h7-11H,2-6H2,1H3. The molecule has 66 valence electrons. The third-order valence-electron chi connectivity index (χ3n) is 2.04. The molecule has 11 heavy (non-hydrogen) atoms. The Bertz CT molecular complexity index is 100. The van der Waals surface area contributed by atoms with Crippen molar-refractivity contribution in [2.24, 2.45) is 0 Å². The van der Waals surface area contributed by atoms with E-state index in [1.165, 1.54) is 12.8 Å². The maximum atomic E-state index is 9.00. The van der Waals surface area contributed by atoms with E-state index in [-0.39, 0.29) is 6.10 Å². The predicted octanol–water partition coefficient (Wildman–Crippen LogP) is -0.291. The molecule has 3 N–H and O–H groups in total. The molecule has 1 aliphatic rings. The molecule has 0 aliphatic carbocycles. The molecule has 0 spiro atoms. The molecule has 0 bridgehead atoms. The van der Waals surface area contributed by atoms with Crippen LogP contribution < -0.4 is 10.6 Å². The summed E-state index contributed by atoms with van der Waals surface area (Å²) < 4.78 is 0. The number of piperidine rings is 1. The van der Waals surface area contributed by atoms with Gasteiger partial charge in [0.15, 0.2) is 0 Å². The van der Waals surface area contributed by atoms with Gasteiger partial charge in [-0.25, -0.2) is 0 Å². The fraction of sp³-hybridized carbons (Fsp3) is 1.00. The average molecular weight is 158 g/mol. The Hall–Kier alpha value is -0.120. The van der Waals surface area contributed by atoms with Crippen LogP contribution in [-0.2, 0) is 0 Å². The summed E-state index contributed by atoms with van der Waals surface area (Å²) in [5.41, 5.74) is 0. The van der Waals surface area contributed by atoms with E-state index < -0.39 is 0 Å². The summed E-state index contributed by atoms with van der Waals surface area (Å²) in [7, 11) is 0. The second-order valence-corrected chi connectivity index (χ2v) is 3.28. The first-order valence-electron chi connectivity index (χ1n) is 4.41. The molecular weight excluding hydrogens is 140 g/mol. The first kappa shape index (κ1) is 8.97. The van der Waals surface area contributed by atoms with E-state index in [1.54, 1.807) is 0 Å². The highest BCUT2D eigenvalue weighted by Crippen LogP contribution is 2.01. The van der Waals surface area contributed by atoms with Gasteiger partial charge in [-0.1, -0.05) is 0 Å². The summed E-state index contributed by atoms with van der Waals surface area (Å²) in [6.45, 7) is 4.76. The number of hydrogen-bond acceptors (Lipinski definition) is 3. The third-order valence-corrected chi connectivity index (χ3v) is 2.04. The summed E-state index contributed by atoms with van der Waals surface area (Å²) in [5, 5.41) is 15.6. The first-order valence-corrected chi connectivity index (χ1v) is 4.41. The van der Waals surface area contributed by atoms with Crippen LogP contribution in [0.3, 0.4) is 0 Å². The molecule has 0 aromatic rings. The van der Waals surface area contributed by atoms with Crippen molar-refractivity contribution in [2.45, 2.75) is 31.9 Å². The Morgan fingerprint density at radius 2 is 2.18 bits per heavy atom. The first-order chi connectivity index (χ1) is 5.29. The second-order valence-electron chi connectivity index (χ2n) is 3.28. The van der Waals surface area contributed by atoms with Gasteiger partial charge in [-0.2, -0.15) is 0 Å². The van der Waals surface area contributed by atoms with Gasteiger partial charge in [-0.3, -0.25) is 0 Å². The molecule has 0 saturated carbocycles. The molecule has 1 aliphatic heterocycles. The molecule has 1 unspecified atom stereocenters. The number of aliphatic hydroxyl groups excluding tert-OH is 1. The molecule has 1 saturated heterocycles. The van der Waals surface area contributed by atoms with Crippen LogP contribution in [0.1, 0.15) is 19.8 Å². The largest absolute Gasteiger partial charge is 0.392 e. The lowest BCUT2D eigenvalue weighted by molar-refractivity contribution is 0.182. The number of aliphatic hydroxyl groups is 1. The summed E-state index contributed by atoms with van der Waals surface area (Å²) in [6, 6.07) is 0.617. The number of nitrogens with one attached hydrogen (secondary N) is 2. The van der Waals surface area contributed by atoms with Crippen molar-refractivity contribution < 1.29 is 5.11 Å². The van der Waals surface area contributed by atoms with Gasteiger partial charge in [-0.05, 0) is 32.9 Å². The summed E-state index contributed by atoms with van der Waals surface area (Å²) in [4.78, 5) is 0. The van der Waals surface area contributed by atoms with Crippen molar-refractivity contribution in [3.63, 3.8) is 0 Å². The maximum absolute atomic E-state index is 9.00. The van der Waals surface area contributed by atoms with Crippen molar-refractivity contribution >= 4 is 0 Å². The molecule has 0 radical (unpaired) electrons. The molecule has 1 heterocycles. The van der Waals surface area contributed by atoms with Gasteiger partial charge in [0.05, 0.1) is 6.10 Å². The van der Waals surface area contributed by atoms with Crippen LogP contribution in [0.25, 0.3) is 0 Å². The van der Waals surface area contributed by atoms with Crippen molar-refractivity contribution in [1.82, 2.24) is 10.6 Å². The van der Waals surface area contributed by atoms with Crippen LogP contribution in [0.5, 0.6) is 0 Å². The molecule has 3 heteroatoms. The highest BCUT2D eigenvalue weighted by molar-refractivity contribution is 4.74. The molecular formula is C8H18N2O. The van der Waals surface area contributed by atoms with Crippen LogP contribution in [-0.4, -0.2) is 36.9 Å². The Labute approximate surface area is 68.2 Å². The zero-order valence-corrected chi connectivity index (χ0v) is 7.14.